The Morgan fingerprint density at radius 2 is 1.58 bits per heavy atom. The third-order valence-electron chi connectivity index (χ3n) is 3.27. The molecule has 0 fully saturated rings. The summed E-state index contributed by atoms with van der Waals surface area (Å²) in [6, 6.07) is 16.8. The first-order chi connectivity index (χ1) is 8.31. The van der Waals surface area contributed by atoms with Crippen molar-refractivity contribution in [3.63, 3.8) is 0 Å². The molecule has 3 rings (SSSR count). The van der Waals surface area contributed by atoms with E-state index < -0.39 is 0 Å². The molecule has 0 amide bonds. The van der Waals surface area contributed by atoms with Crippen molar-refractivity contribution in [2.45, 2.75) is 19.6 Å². The Morgan fingerprint density at radius 3 is 2.32 bits per heavy atom. The molecule has 0 saturated heterocycles. The summed E-state index contributed by atoms with van der Waals surface area (Å²) in [7, 11) is 0. The minimum absolute atomic E-state index is 0. The van der Waals surface area contributed by atoms with E-state index in [1.54, 1.807) is 0 Å². The van der Waals surface area contributed by atoms with Crippen molar-refractivity contribution in [1.82, 2.24) is 4.90 Å². The largest absolute Gasteiger partial charge is 0.399 e. The first-order valence-electron chi connectivity index (χ1n) is 5.95. The Morgan fingerprint density at radius 1 is 0.895 bits per heavy atom. The highest BCUT2D eigenvalue weighted by molar-refractivity contribution is 5.85. The van der Waals surface area contributed by atoms with Gasteiger partial charge in [-0.05, 0) is 28.8 Å². The molecule has 0 atom stereocenters. The Bertz CT molecular complexity index is 529. The van der Waals surface area contributed by atoms with Gasteiger partial charge in [-0.25, -0.2) is 0 Å². The minimum Gasteiger partial charge on any atom is -0.399 e. The van der Waals surface area contributed by atoms with Gasteiger partial charge in [0, 0.05) is 25.3 Å². The fraction of sp³-hybridized carbons (Fsp3) is 0.200. The van der Waals surface area contributed by atoms with Crippen molar-refractivity contribution in [2.75, 3.05) is 5.73 Å². The van der Waals surface area contributed by atoms with Crippen LogP contribution in [-0.4, -0.2) is 4.90 Å². The maximum Gasteiger partial charge on any atom is 0.0317 e. The van der Waals surface area contributed by atoms with E-state index in [0.717, 1.165) is 25.3 Å². The highest BCUT2D eigenvalue weighted by Crippen LogP contribution is 2.25. The quantitative estimate of drug-likeness (QED) is 0.858. The van der Waals surface area contributed by atoms with Crippen LogP contribution in [0.25, 0.3) is 0 Å². The molecule has 0 unspecified atom stereocenters. The molecule has 2 aromatic rings. The van der Waals surface area contributed by atoms with Crippen LogP contribution in [0.3, 0.4) is 0 Å². The first-order valence-corrected chi connectivity index (χ1v) is 5.95. The molecule has 1 heterocycles. The van der Waals surface area contributed by atoms with Crippen LogP contribution in [0.5, 0.6) is 0 Å². The van der Waals surface area contributed by atoms with Crippen LogP contribution in [0.2, 0.25) is 0 Å². The van der Waals surface area contributed by atoms with Gasteiger partial charge >= 0.3 is 0 Å². The van der Waals surface area contributed by atoms with Crippen molar-refractivity contribution >= 4 is 30.5 Å². The van der Waals surface area contributed by atoms with Crippen LogP contribution in [-0.2, 0) is 19.6 Å². The summed E-state index contributed by atoms with van der Waals surface area (Å²) >= 11 is 0. The van der Waals surface area contributed by atoms with Crippen LogP contribution in [0, 0.1) is 0 Å². The Hall–Kier alpha value is -1.22. The van der Waals surface area contributed by atoms with E-state index in [1.165, 1.54) is 16.7 Å². The van der Waals surface area contributed by atoms with Crippen molar-refractivity contribution in [2.24, 2.45) is 0 Å². The second-order valence-corrected chi connectivity index (χ2v) is 4.66. The van der Waals surface area contributed by atoms with Gasteiger partial charge in [0.1, 0.15) is 0 Å². The molecule has 0 spiro atoms. The van der Waals surface area contributed by atoms with Crippen molar-refractivity contribution in [1.29, 1.82) is 0 Å². The number of halogens is 2. The van der Waals surface area contributed by atoms with E-state index >= 15 is 0 Å². The van der Waals surface area contributed by atoms with Crippen LogP contribution in [0.1, 0.15) is 16.7 Å². The molecule has 19 heavy (non-hydrogen) atoms. The van der Waals surface area contributed by atoms with E-state index in [4.69, 9.17) is 5.73 Å². The minimum atomic E-state index is 0. The average Bonchev–Trinajstić information content (AvgIpc) is 2.71. The number of nitrogens with two attached hydrogens (primary N) is 1. The zero-order valence-electron chi connectivity index (χ0n) is 10.6. The lowest BCUT2D eigenvalue weighted by molar-refractivity contribution is 0.275. The summed E-state index contributed by atoms with van der Waals surface area (Å²) in [5.74, 6) is 0. The number of rotatable bonds is 2. The lowest BCUT2D eigenvalue weighted by atomic mass is 10.1. The highest BCUT2D eigenvalue weighted by Gasteiger charge is 2.18. The number of anilines is 1. The molecule has 0 aromatic heterocycles. The molecule has 4 heteroatoms. The van der Waals surface area contributed by atoms with E-state index in [9.17, 15) is 0 Å². The topological polar surface area (TPSA) is 29.3 Å². The first kappa shape index (κ1) is 15.8. The normalized spacial score (nSPS) is 13.3. The molecule has 0 radical (unpaired) electrons. The Labute approximate surface area is 126 Å². The van der Waals surface area contributed by atoms with Crippen LogP contribution >= 0.6 is 24.8 Å². The van der Waals surface area contributed by atoms with Crippen LogP contribution < -0.4 is 5.73 Å². The molecular weight excluding hydrogens is 279 g/mol. The standard InChI is InChI=1S/C15H16N2.2ClH/c16-15-7-6-13-10-17(11-14(13)8-15)9-12-4-2-1-3-5-12;;/h1-8H,9-11,16H2;2*1H. The number of fused-ring (bicyclic) bond motifs is 1. The van der Waals surface area contributed by atoms with E-state index in [1.807, 2.05) is 6.07 Å². The average molecular weight is 297 g/mol. The lowest BCUT2D eigenvalue weighted by Gasteiger charge is -2.14. The monoisotopic (exact) mass is 296 g/mol. The van der Waals surface area contributed by atoms with Crippen molar-refractivity contribution in [3.05, 3.63) is 65.2 Å². The highest BCUT2D eigenvalue weighted by atomic mass is 35.5. The molecule has 0 aliphatic carbocycles. The van der Waals surface area contributed by atoms with Gasteiger partial charge in [-0.1, -0.05) is 36.4 Å². The van der Waals surface area contributed by atoms with Gasteiger partial charge in [0.05, 0.1) is 0 Å². The second kappa shape index (κ2) is 6.80. The van der Waals surface area contributed by atoms with E-state index in [-0.39, 0.29) is 24.8 Å². The Balaban J connectivity index is 0.000000902. The van der Waals surface area contributed by atoms with Gasteiger partial charge < -0.3 is 5.73 Å². The molecule has 0 saturated carbocycles. The predicted molar refractivity (Wildman–Crippen MR) is 84.7 cm³/mol. The van der Waals surface area contributed by atoms with E-state index in [2.05, 4.69) is 47.4 Å². The second-order valence-electron chi connectivity index (χ2n) is 4.66. The summed E-state index contributed by atoms with van der Waals surface area (Å²) < 4.78 is 0. The zero-order valence-corrected chi connectivity index (χ0v) is 12.2. The molecule has 2 nitrogen and oxygen atoms in total. The third kappa shape index (κ3) is 3.63. The van der Waals surface area contributed by atoms with Gasteiger partial charge in [0.15, 0.2) is 0 Å². The Kier molecular flexibility index (Phi) is 5.67. The predicted octanol–water partition coefficient (Wildman–Crippen LogP) is 3.63. The summed E-state index contributed by atoms with van der Waals surface area (Å²) in [4.78, 5) is 2.44. The maximum atomic E-state index is 5.81. The van der Waals surface area contributed by atoms with Crippen LogP contribution in [0.4, 0.5) is 5.69 Å². The smallest absolute Gasteiger partial charge is 0.0317 e. The number of hydrogen-bond donors (Lipinski definition) is 1. The maximum absolute atomic E-state index is 5.81. The fourth-order valence-corrected chi connectivity index (χ4v) is 2.44. The molecule has 0 bridgehead atoms. The van der Waals surface area contributed by atoms with Gasteiger partial charge in [-0.3, -0.25) is 4.90 Å². The van der Waals surface area contributed by atoms with Crippen LogP contribution in [0.15, 0.2) is 48.5 Å². The molecule has 1 aliphatic heterocycles. The summed E-state index contributed by atoms with van der Waals surface area (Å²) in [5, 5.41) is 0. The molecular formula is C15H18Cl2N2. The lowest BCUT2D eigenvalue weighted by Crippen LogP contribution is -2.15. The van der Waals surface area contributed by atoms with E-state index in [0.29, 0.717) is 0 Å². The van der Waals surface area contributed by atoms with Gasteiger partial charge in [0.2, 0.25) is 0 Å². The number of nitrogen functional groups attached to an aromatic ring is 1. The van der Waals surface area contributed by atoms with Gasteiger partial charge in [-0.2, -0.15) is 0 Å². The van der Waals surface area contributed by atoms with Gasteiger partial charge in [-0.15, -0.1) is 24.8 Å². The summed E-state index contributed by atoms with van der Waals surface area (Å²) in [5.41, 5.74) is 10.8. The van der Waals surface area contributed by atoms with Gasteiger partial charge in [0.25, 0.3) is 0 Å². The number of nitrogens with zero attached hydrogens (tertiary/aromatic N) is 1. The molecule has 102 valence electrons. The molecule has 2 aromatic carbocycles. The van der Waals surface area contributed by atoms with Crippen molar-refractivity contribution in [3.8, 4) is 0 Å². The third-order valence-corrected chi connectivity index (χ3v) is 3.27. The summed E-state index contributed by atoms with van der Waals surface area (Å²) in [6.07, 6.45) is 0. The van der Waals surface area contributed by atoms with Crippen molar-refractivity contribution < 1.29 is 0 Å². The molecule has 1 aliphatic rings. The number of hydrogen-bond acceptors (Lipinski definition) is 2. The summed E-state index contributed by atoms with van der Waals surface area (Å²) in [6.45, 7) is 3.05. The number of benzene rings is 2. The molecule has 2 N–H and O–H groups in total. The fourth-order valence-electron chi connectivity index (χ4n) is 2.44. The zero-order chi connectivity index (χ0) is 11.7. The SMILES string of the molecule is Cl.Cl.Nc1ccc2c(c1)CN(Cc1ccccc1)C2.